The normalized spacial score (nSPS) is 14.1. The van der Waals surface area contributed by atoms with Crippen LogP contribution in [-0.4, -0.2) is 38.2 Å². The summed E-state index contributed by atoms with van der Waals surface area (Å²) in [5.74, 6) is 0.0424. The number of hydrogen-bond donors (Lipinski definition) is 0. The van der Waals surface area contributed by atoms with Crippen LogP contribution in [0.4, 0.5) is 5.69 Å². The van der Waals surface area contributed by atoms with E-state index >= 15 is 0 Å². The lowest BCUT2D eigenvalue weighted by atomic mass is 9.92. The van der Waals surface area contributed by atoms with Crippen LogP contribution in [0, 0.1) is 6.92 Å². The molecule has 0 unspecified atom stereocenters. The monoisotopic (exact) mass is 465 g/mol. The highest BCUT2D eigenvalue weighted by Gasteiger charge is 2.31. The van der Waals surface area contributed by atoms with Gasteiger partial charge in [0.2, 0.25) is 0 Å². The lowest BCUT2D eigenvalue weighted by Gasteiger charge is -2.33. The molecule has 0 spiro atoms. The second-order valence-corrected chi connectivity index (χ2v) is 8.92. The average molecular weight is 466 g/mol. The van der Waals surface area contributed by atoms with E-state index in [2.05, 4.69) is 0 Å². The Morgan fingerprint density at radius 3 is 2.65 bits per heavy atom. The Hall–Kier alpha value is -3.81. The molecule has 0 saturated carbocycles. The van der Waals surface area contributed by atoms with E-state index in [0.29, 0.717) is 40.1 Å². The van der Waals surface area contributed by atoms with Gasteiger partial charge < -0.3 is 23.5 Å². The van der Waals surface area contributed by atoms with Crippen LogP contribution in [0.5, 0.6) is 11.5 Å². The molecule has 1 aliphatic rings. The van der Waals surface area contributed by atoms with Crippen molar-refractivity contribution in [3.05, 3.63) is 63.5 Å². The second kappa shape index (κ2) is 8.85. The van der Waals surface area contributed by atoms with Crippen molar-refractivity contribution in [3.63, 3.8) is 0 Å². The fraction of sp³-hybridized carbons (Fsp3) is 0.346. The summed E-state index contributed by atoms with van der Waals surface area (Å²) in [5, 5.41) is 0.632. The molecule has 0 fully saturated rings. The summed E-state index contributed by atoms with van der Waals surface area (Å²) in [6, 6.07) is 9.83. The molecular weight excluding hydrogens is 438 g/mol. The van der Waals surface area contributed by atoms with Gasteiger partial charge in [-0.1, -0.05) is 12.1 Å². The van der Waals surface area contributed by atoms with Crippen LogP contribution in [0.1, 0.15) is 41.8 Å². The number of aryl methyl sites for hydroxylation is 2. The van der Waals surface area contributed by atoms with E-state index in [4.69, 9.17) is 18.6 Å². The summed E-state index contributed by atoms with van der Waals surface area (Å²) in [7, 11) is 2.85. The first-order chi connectivity index (χ1) is 16.1. The Labute approximate surface area is 197 Å². The zero-order chi connectivity index (χ0) is 24.6. The number of ether oxygens (including phenoxy) is 3. The number of carbonyl (C=O) groups excluding carboxylic acids is 2. The van der Waals surface area contributed by atoms with Crippen molar-refractivity contribution in [1.29, 1.82) is 0 Å². The molecule has 2 heterocycles. The maximum absolute atomic E-state index is 13.0. The molecule has 0 atom stereocenters. The van der Waals surface area contributed by atoms with Gasteiger partial charge in [0, 0.05) is 24.7 Å². The summed E-state index contributed by atoms with van der Waals surface area (Å²) < 4.78 is 22.5. The number of carbonyl (C=O) groups is 2. The molecule has 1 aliphatic heterocycles. The molecule has 4 rings (SSSR count). The fourth-order valence-corrected chi connectivity index (χ4v) is 4.15. The van der Waals surface area contributed by atoms with Crippen molar-refractivity contribution in [2.45, 2.75) is 39.2 Å². The third-order valence-corrected chi connectivity index (χ3v) is 6.00. The number of amides is 1. The number of likely N-dealkylation sites (N-methyl/N-ethyl adjacent to an activating group) is 1. The highest BCUT2D eigenvalue weighted by atomic mass is 16.5. The zero-order valence-electron chi connectivity index (χ0n) is 19.9. The van der Waals surface area contributed by atoms with Gasteiger partial charge in [-0.3, -0.25) is 4.79 Å². The number of methoxy groups -OCH3 is 1. The number of para-hydroxylation sites is 1. The van der Waals surface area contributed by atoms with Crippen LogP contribution < -0.4 is 20.0 Å². The third-order valence-electron chi connectivity index (χ3n) is 6.00. The van der Waals surface area contributed by atoms with E-state index in [0.717, 1.165) is 12.0 Å². The van der Waals surface area contributed by atoms with E-state index in [1.54, 1.807) is 44.3 Å². The lowest BCUT2D eigenvalue weighted by molar-refractivity contribution is -0.120. The van der Waals surface area contributed by atoms with Crippen LogP contribution in [0.15, 0.2) is 45.6 Å². The van der Waals surface area contributed by atoms with Gasteiger partial charge in [-0.25, -0.2) is 9.59 Å². The van der Waals surface area contributed by atoms with E-state index in [1.165, 1.54) is 18.1 Å². The minimum Gasteiger partial charge on any atom is -0.487 e. The molecule has 0 saturated heterocycles. The van der Waals surface area contributed by atoms with Gasteiger partial charge in [0.15, 0.2) is 6.61 Å². The Kier molecular flexibility index (Phi) is 6.08. The maximum atomic E-state index is 13.0. The summed E-state index contributed by atoms with van der Waals surface area (Å²) in [6.07, 6.45) is 1.47. The van der Waals surface area contributed by atoms with Gasteiger partial charge in [0.1, 0.15) is 22.7 Å². The first kappa shape index (κ1) is 23.4. The minimum atomic E-state index is -0.540. The van der Waals surface area contributed by atoms with Crippen LogP contribution >= 0.6 is 0 Å². The van der Waals surface area contributed by atoms with Crippen LogP contribution in [0.2, 0.25) is 0 Å². The molecule has 8 nitrogen and oxygen atoms in total. The van der Waals surface area contributed by atoms with Crippen LogP contribution in [0.25, 0.3) is 11.0 Å². The number of fused-ring (bicyclic) bond motifs is 3. The van der Waals surface area contributed by atoms with Crippen molar-refractivity contribution in [2.24, 2.45) is 0 Å². The van der Waals surface area contributed by atoms with E-state index < -0.39 is 11.6 Å². The van der Waals surface area contributed by atoms with E-state index in [1.807, 2.05) is 13.8 Å². The van der Waals surface area contributed by atoms with Crippen LogP contribution in [-0.2, 0) is 16.0 Å². The van der Waals surface area contributed by atoms with Gasteiger partial charge in [0.05, 0.1) is 23.7 Å². The van der Waals surface area contributed by atoms with Gasteiger partial charge in [-0.2, -0.15) is 0 Å². The van der Waals surface area contributed by atoms with E-state index in [9.17, 15) is 14.4 Å². The number of esters is 1. The predicted octanol–water partition coefficient (Wildman–Crippen LogP) is 4.03. The van der Waals surface area contributed by atoms with Gasteiger partial charge in [-0.05, 0) is 51.3 Å². The van der Waals surface area contributed by atoms with Crippen LogP contribution in [0.3, 0.4) is 0 Å². The standard InChI is InChI=1S/C26H27NO7/c1-15-12-22(29)33-24-17-10-11-26(2,3)34-19(17)13-20(23(15)24)32-14-21(28)27(4)18-9-7-6-8-16(18)25(30)31-5/h6-9,12-13H,10-11,14H2,1-5H3. The largest absolute Gasteiger partial charge is 0.487 e. The SMILES string of the molecule is COC(=O)c1ccccc1N(C)C(=O)COc1cc2c(c3oc(=O)cc(C)c13)CCC(C)(C)O2. The highest BCUT2D eigenvalue weighted by Crippen LogP contribution is 2.42. The molecule has 2 aromatic carbocycles. The Bertz CT molecular complexity index is 1340. The van der Waals surface area contributed by atoms with Crippen molar-refractivity contribution in [2.75, 3.05) is 25.7 Å². The van der Waals surface area contributed by atoms with Crippen molar-refractivity contribution < 1.29 is 28.2 Å². The number of benzene rings is 2. The Balaban J connectivity index is 1.67. The average Bonchev–Trinajstić information content (AvgIpc) is 2.80. The van der Waals surface area contributed by atoms with Gasteiger partial charge >= 0.3 is 11.6 Å². The minimum absolute atomic E-state index is 0.272. The van der Waals surface area contributed by atoms with Gasteiger partial charge in [-0.15, -0.1) is 0 Å². The van der Waals surface area contributed by atoms with Crippen molar-refractivity contribution >= 4 is 28.5 Å². The molecule has 8 heteroatoms. The van der Waals surface area contributed by atoms with Crippen molar-refractivity contribution in [1.82, 2.24) is 0 Å². The molecule has 0 N–H and O–H groups in total. The molecular formula is C26H27NO7. The molecule has 1 amide bonds. The second-order valence-electron chi connectivity index (χ2n) is 8.92. The first-order valence-corrected chi connectivity index (χ1v) is 11.0. The smallest absolute Gasteiger partial charge is 0.339 e. The molecule has 1 aromatic heterocycles. The molecule has 34 heavy (non-hydrogen) atoms. The highest BCUT2D eigenvalue weighted by molar-refractivity contribution is 6.03. The number of nitrogens with zero attached hydrogens (tertiary/aromatic N) is 1. The first-order valence-electron chi connectivity index (χ1n) is 11.0. The molecule has 0 bridgehead atoms. The molecule has 0 radical (unpaired) electrons. The predicted molar refractivity (Wildman–Crippen MR) is 127 cm³/mol. The summed E-state index contributed by atoms with van der Waals surface area (Å²) in [5.41, 5.74) is 1.77. The summed E-state index contributed by atoms with van der Waals surface area (Å²) in [6.45, 7) is 5.48. The quantitative estimate of drug-likeness (QED) is 0.415. The maximum Gasteiger partial charge on any atom is 0.339 e. The summed E-state index contributed by atoms with van der Waals surface area (Å²) in [4.78, 5) is 38.5. The molecule has 178 valence electrons. The number of hydrogen-bond acceptors (Lipinski definition) is 7. The molecule has 0 aliphatic carbocycles. The zero-order valence-corrected chi connectivity index (χ0v) is 19.9. The molecule has 3 aromatic rings. The lowest BCUT2D eigenvalue weighted by Crippen LogP contribution is -2.33. The van der Waals surface area contributed by atoms with Gasteiger partial charge in [0.25, 0.3) is 5.91 Å². The Morgan fingerprint density at radius 1 is 1.18 bits per heavy atom. The van der Waals surface area contributed by atoms with Crippen molar-refractivity contribution in [3.8, 4) is 11.5 Å². The Morgan fingerprint density at radius 2 is 1.91 bits per heavy atom. The number of anilines is 1. The fourth-order valence-electron chi connectivity index (χ4n) is 4.15. The topological polar surface area (TPSA) is 95.3 Å². The van der Waals surface area contributed by atoms with E-state index in [-0.39, 0.29) is 23.7 Å². The number of rotatable bonds is 5. The third kappa shape index (κ3) is 4.35. The summed E-state index contributed by atoms with van der Waals surface area (Å²) >= 11 is 0.